The number of likely N-dealkylation sites (N-methyl/N-ethyl adjacent to an activating group) is 2. The van der Waals surface area contributed by atoms with Crippen LogP contribution in [0, 0.1) is 0 Å². The summed E-state index contributed by atoms with van der Waals surface area (Å²) in [6.07, 6.45) is 2.43. The standard InChI is InChI=1S/C15H26N2O/c1-5-8-14(16-2)12-17(3)11-13-9-6-7-10-15(13)18-4/h6-7,9-10,14,16H,5,8,11-12H2,1-4H3. The molecule has 0 aromatic heterocycles. The van der Waals surface area contributed by atoms with Gasteiger partial charge in [0.05, 0.1) is 7.11 Å². The molecule has 0 amide bonds. The summed E-state index contributed by atoms with van der Waals surface area (Å²) < 4.78 is 5.38. The molecule has 0 saturated heterocycles. The van der Waals surface area contributed by atoms with Crippen molar-refractivity contribution in [1.29, 1.82) is 0 Å². The molecule has 0 bridgehead atoms. The zero-order chi connectivity index (χ0) is 13.4. The molecule has 18 heavy (non-hydrogen) atoms. The van der Waals surface area contributed by atoms with Crippen molar-refractivity contribution in [2.45, 2.75) is 32.4 Å². The number of ether oxygens (including phenoxy) is 1. The quantitative estimate of drug-likeness (QED) is 0.767. The first kappa shape index (κ1) is 15.0. The molecule has 102 valence electrons. The van der Waals surface area contributed by atoms with E-state index in [1.54, 1.807) is 7.11 Å². The highest BCUT2D eigenvalue weighted by atomic mass is 16.5. The van der Waals surface area contributed by atoms with Crippen molar-refractivity contribution in [1.82, 2.24) is 10.2 Å². The number of hydrogen-bond acceptors (Lipinski definition) is 3. The van der Waals surface area contributed by atoms with Crippen LogP contribution in [0.15, 0.2) is 24.3 Å². The third-order valence-corrected chi connectivity index (χ3v) is 3.21. The zero-order valence-corrected chi connectivity index (χ0v) is 12.1. The molecular formula is C15H26N2O. The van der Waals surface area contributed by atoms with Crippen LogP contribution in [0.5, 0.6) is 5.75 Å². The SMILES string of the molecule is CCCC(CN(C)Cc1ccccc1OC)NC. The number of para-hydroxylation sites is 1. The smallest absolute Gasteiger partial charge is 0.123 e. The first-order valence-corrected chi connectivity index (χ1v) is 6.69. The topological polar surface area (TPSA) is 24.5 Å². The van der Waals surface area contributed by atoms with Crippen LogP contribution in [-0.4, -0.2) is 38.7 Å². The van der Waals surface area contributed by atoms with E-state index < -0.39 is 0 Å². The molecule has 0 aliphatic carbocycles. The fourth-order valence-corrected chi connectivity index (χ4v) is 2.24. The van der Waals surface area contributed by atoms with E-state index in [0.717, 1.165) is 18.8 Å². The van der Waals surface area contributed by atoms with E-state index in [2.05, 4.69) is 36.3 Å². The Kier molecular flexibility index (Phi) is 6.76. The van der Waals surface area contributed by atoms with Gasteiger partial charge in [-0.15, -0.1) is 0 Å². The van der Waals surface area contributed by atoms with Crippen molar-refractivity contribution in [3.8, 4) is 5.75 Å². The Morgan fingerprint density at radius 1 is 1.33 bits per heavy atom. The van der Waals surface area contributed by atoms with Gasteiger partial charge in [0, 0.05) is 24.7 Å². The average Bonchev–Trinajstić information content (AvgIpc) is 2.38. The summed E-state index contributed by atoms with van der Waals surface area (Å²) in [5.74, 6) is 0.973. The van der Waals surface area contributed by atoms with E-state index >= 15 is 0 Å². The summed E-state index contributed by atoms with van der Waals surface area (Å²) in [5.41, 5.74) is 1.24. The molecule has 0 heterocycles. The number of nitrogens with one attached hydrogen (secondary N) is 1. The van der Waals surface area contributed by atoms with Crippen molar-refractivity contribution >= 4 is 0 Å². The van der Waals surface area contributed by atoms with Gasteiger partial charge in [0.15, 0.2) is 0 Å². The largest absolute Gasteiger partial charge is 0.496 e. The molecule has 1 aromatic rings. The van der Waals surface area contributed by atoms with Gasteiger partial charge in [-0.1, -0.05) is 31.5 Å². The predicted octanol–water partition coefficient (Wildman–Crippen LogP) is 2.52. The molecule has 1 rings (SSSR count). The minimum atomic E-state index is 0.565. The maximum atomic E-state index is 5.38. The lowest BCUT2D eigenvalue weighted by Crippen LogP contribution is -2.37. The van der Waals surface area contributed by atoms with E-state index in [-0.39, 0.29) is 0 Å². The van der Waals surface area contributed by atoms with Gasteiger partial charge in [-0.25, -0.2) is 0 Å². The number of nitrogens with zero attached hydrogens (tertiary/aromatic N) is 1. The maximum Gasteiger partial charge on any atom is 0.123 e. The highest BCUT2D eigenvalue weighted by Gasteiger charge is 2.10. The van der Waals surface area contributed by atoms with E-state index in [0.29, 0.717) is 6.04 Å². The molecule has 1 N–H and O–H groups in total. The second-order valence-corrected chi connectivity index (χ2v) is 4.78. The second kappa shape index (κ2) is 8.11. The first-order valence-electron chi connectivity index (χ1n) is 6.69. The third kappa shape index (κ3) is 4.67. The Hall–Kier alpha value is -1.06. The van der Waals surface area contributed by atoms with E-state index in [1.807, 2.05) is 19.2 Å². The molecule has 0 aliphatic rings. The molecule has 3 heteroatoms. The normalized spacial score (nSPS) is 12.7. The molecule has 0 aliphatic heterocycles. The Morgan fingerprint density at radius 3 is 2.67 bits per heavy atom. The number of benzene rings is 1. The number of rotatable bonds is 8. The Morgan fingerprint density at radius 2 is 2.06 bits per heavy atom. The summed E-state index contributed by atoms with van der Waals surface area (Å²) in [5, 5.41) is 3.38. The van der Waals surface area contributed by atoms with Crippen molar-refractivity contribution in [3.05, 3.63) is 29.8 Å². The predicted molar refractivity (Wildman–Crippen MR) is 77.1 cm³/mol. The third-order valence-electron chi connectivity index (χ3n) is 3.21. The van der Waals surface area contributed by atoms with Crippen LogP contribution < -0.4 is 10.1 Å². The lowest BCUT2D eigenvalue weighted by molar-refractivity contribution is 0.275. The molecule has 1 unspecified atom stereocenters. The fraction of sp³-hybridized carbons (Fsp3) is 0.600. The van der Waals surface area contributed by atoms with Crippen molar-refractivity contribution in [2.24, 2.45) is 0 Å². The molecule has 0 saturated carbocycles. The molecule has 1 atom stereocenters. The lowest BCUT2D eigenvalue weighted by atomic mass is 10.1. The van der Waals surface area contributed by atoms with Crippen LogP contribution in [-0.2, 0) is 6.54 Å². The number of hydrogen-bond donors (Lipinski definition) is 1. The van der Waals surface area contributed by atoms with Gasteiger partial charge in [0.1, 0.15) is 5.75 Å². The highest BCUT2D eigenvalue weighted by molar-refractivity contribution is 5.32. The second-order valence-electron chi connectivity index (χ2n) is 4.78. The van der Waals surface area contributed by atoms with Crippen LogP contribution >= 0.6 is 0 Å². The molecule has 0 spiro atoms. The molecular weight excluding hydrogens is 224 g/mol. The number of methoxy groups -OCH3 is 1. The Bertz CT molecular complexity index is 341. The Balaban J connectivity index is 2.55. The van der Waals surface area contributed by atoms with Crippen LogP contribution in [0.1, 0.15) is 25.3 Å². The summed E-state index contributed by atoms with van der Waals surface area (Å²) in [6.45, 7) is 4.21. The van der Waals surface area contributed by atoms with E-state index in [9.17, 15) is 0 Å². The van der Waals surface area contributed by atoms with Gasteiger partial charge in [-0.05, 0) is 26.6 Å². The van der Waals surface area contributed by atoms with E-state index in [4.69, 9.17) is 4.74 Å². The molecule has 0 fully saturated rings. The van der Waals surface area contributed by atoms with Gasteiger partial charge >= 0.3 is 0 Å². The van der Waals surface area contributed by atoms with Gasteiger partial charge in [0.2, 0.25) is 0 Å². The average molecular weight is 250 g/mol. The first-order chi connectivity index (χ1) is 8.71. The van der Waals surface area contributed by atoms with Crippen LogP contribution in [0.2, 0.25) is 0 Å². The van der Waals surface area contributed by atoms with Gasteiger partial charge < -0.3 is 15.0 Å². The van der Waals surface area contributed by atoms with Crippen LogP contribution in [0.3, 0.4) is 0 Å². The molecule has 3 nitrogen and oxygen atoms in total. The maximum absolute atomic E-state index is 5.38. The lowest BCUT2D eigenvalue weighted by Gasteiger charge is -2.24. The Labute approximate surface area is 111 Å². The van der Waals surface area contributed by atoms with Crippen LogP contribution in [0.25, 0.3) is 0 Å². The van der Waals surface area contributed by atoms with Crippen molar-refractivity contribution in [2.75, 3.05) is 27.7 Å². The van der Waals surface area contributed by atoms with Crippen molar-refractivity contribution in [3.63, 3.8) is 0 Å². The summed E-state index contributed by atoms with van der Waals surface area (Å²) in [4.78, 5) is 2.34. The summed E-state index contributed by atoms with van der Waals surface area (Å²) >= 11 is 0. The highest BCUT2D eigenvalue weighted by Crippen LogP contribution is 2.18. The summed E-state index contributed by atoms with van der Waals surface area (Å²) in [7, 11) is 5.93. The minimum absolute atomic E-state index is 0.565. The van der Waals surface area contributed by atoms with Crippen molar-refractivity contribution < 1.29 is 4.74 Å². The molecule has 0 radical (unpaired) electrons. The zero-order valence-electron chi connectivity index (χ0n) is 12.1. The molecule has 1 aromatic carbocycles. The van der Waals surface area contributed by atoms with Gasteiger partial charge in [0.25, 0.3) is 0 Å². The fourth-order valence-electron chi connectivity index (χ4n) is 2.24. The van der Waals surface area contributed by atoms with Gasteiger partial charge in [-0.3, -0.25) is 0 Å². The van der Waals surface area contributed by atoms with Crippen LogP contribution in [0.4, 0.5) is 0 Å². The van der Waals surface area contributed by atoms with Gasteiger partial charge in [-0.2, -0.15) is 0 Å². The van der Waals surface area contributed by atoms with E-state index in [1.165, 1.54) is 18.4 Å². The minimum Gasteiger partial charge on any atom is -0.496 e. The summed E-state index contributed by atoms with van der Waals surface area (Å²) in [6, 6.07) is 8.78. The monoisotopic (exact) mass is 250 g/mol.